The van der Waals surface area contributed by atoms with Crippen molar-refractivity contribution >= 4 is 0 Å². The van der Waals surface area contributed by atoms with Crippen LogP contribution in [-0.4, -0.2) is 19.3 Å². The number of hydrogen-bond donors (Lipinski definition) is 1. The van der Waals surface area contributed by atoms with Gasteiger partial charge < -0.3 is 10.1 Å². The van der Waals surface area contributed by atoms with Gasteiger partial charge in [0.15, 0.2) is 0 Å². The SMILES string of the molecule is Fc1ccc(C(NC2CCOCC2)c2ccccc2)cc1. The molecule has 110 valence electrons. The number of halogens is 1. The molecule has 0 radical (unpaired) electrons. The zero-order chi connectivity index (χ0) is 14.5. The molecule has 3 heteroatoms. The molecule has 1 aliphatic heterocycles. The van der Waals surface area contributed by atoms with Crippen molar-refractivity contribution in [2.45, 2.75) is 24.9 Å². The van der Waals surface area contributed by atoms with Gasteiger partial charge in [-0.25, -0.2) is 4.39 Å². The van der Waals surface area contributed by atoms with Crippen LogP contribution in [0.25, 0.3) is 0 Å². The van der Waals surface area contributed by atoms with Gasteiger partial charge in [-0.05, 0) is 36.1 Å². The van der Waals surface area contributed by atoms with E-state index < -0.39 is 0 Å². The second kappa shape index (κ2) is 6.83. The highest BCUT2D eigenvalue weighted by Gasteiger charge is 2.20. The second-order valence-electron chi connectivity index (χ2n) is 5.45. The monoisotopic (exact) mass is 285 g/mol. The Morgan fingerprint density at radius 2 is 1.52 bits per heavy atom. The van der Waals surface area contributed by atoms with Crippen LogP contribution in [0.3, 0.4) is 0 Å². The zero-order valence-corrected chi connectivity index (χ0v) is 12.0. The van der Waals surface area contributed by atoms with Crippen molar-refractivity contribution in [1.29, 1.82) is 0 Å². The molecule has 0 bridgehead atoms. The van der Waals surface area contributed by atoms with E-state index in [4.69, 9.17) is 4.74 Å². The smallest absolute Gasteiger partial charge is 0.123 e. The van der Waals surface area contributed by atoms with Crippen molar-refractivity contribution in [3.8, 4) is 0 Å². The average molecular weight is 285 g/mol. The van der Waals surface area contributed by atoms with Crippen LogP contribution in [0.15, 0.2) is 54.6 Å². The third-order valence-corrected chi connectivity index (χ3v) is 3.96. The third kappa shape index (κ3) is 3.69. The van der Waals surface area contributed by atoms with E-state index in [0.29, 0.717) is 6.04 Å². The average Bonchev–Trinajstić information content (AvgIpc) is 2.55. The first-order valence-electron chi connectivity index (χ1n) is 7.47. The molecule has 2 aromatic carbocycles. The lowest BCUT2D eigenvalue weighted by Crippen LogP contribution is -2.37. The number of nitrogens with one attached hydrogen (secondary N) is 1. The van der Waals surface area contributed by atoms with E-state index in [0.717, 1.165) is 31.6 Å². The normalized spacial score (nSPS) is 17.6. The number of ether oxygens (including phenoxy) is 1. The standard InChI is InChI=1S/C18H20FNO/c19-16-8-6-15(7-9-16)18(14-4-2-1-3-5-14)20-17-10-12-21-13-11-17/h1-9,17-18,20H,10-13H2. The minimum Gasteiger partial charge on any atom is -0.381 e. The highest BCUT2D eigenvalue weighted by atomic mass is 19.1. The van der Waals surface area contributed by atoms with Crippen molar-refractivity contribution in [2.24, 2.45) is 0 Å². The molecule has 0 aliphatic carbocycles. The Morgan fingerprint density at radius 1 is 0.905 bits per heavy atom. The summed E-state index contributed by atoms with van der Waals surface area (Å²) in [4.78, 5) is 0. The Hall–Kier alpha value is -1.71. The van der Waals surface area contributed by atoms with Crippen LogP contribution in [0.1, 0.15) is 30.0 Å². The van der Waals surface area contributed by atoms with Crippen LogP contribution >= 0.6 is 0 Å². The predicted octanol–water partition coefficient (Wildman–Crippen LogP) is 3.68. The van der Waals surface area contributed by atoms with E-state index in [1.807, 2.05) is 30.3 Å². The minimum absolute atomic E-state index is 0.0925. The third-order valence-electron chi connectivity index (χ3n) is 3.96. The fourth-order valence-corrected chi connectivity index (χ4v) is 2.79. The molecule has 3 rings (SSSR count). The van der Waals surface area contributed by atoms with E-state index in [9.17, 15) is 4.39 Å². The maximum Gasteiger partial charge on any atom is 0.123 e. The van der Waals surface area contributed by atoms with Crippen LogP contribution in [0, 0.1) is 5.82 Å². The molecule has 0 saturated carbocycles. The fraction of sp³-hybridized carbons (Fsp3) is 0.333. The number of rotatable bonds is 4. The minimum atomic E-state index is -0.198. The van der Waals surface area contributed by atoms with Gasteiger partial charge in [-0.1, -0.05) is 42.5 Å². The topological polar surface area (TPSA) is 21.3 Å². The Bertz CT molecular complexity index is 549. The quantitative estimate of drug-likeness (QED) is 0.925. The lowest BCUT2D eigenvalue weighted by molar-refractivity contribution is 0.0761. The highest BCUT2D eigenvalue weighted by molar-refractivity contribution is 5.32. The van der Waals surface area contributed by atoms with Gasteiger partial charge in [0.2, 0.25) is 0 Å². The van der Waals surface area contributed by atoms with Gasteiger partial charge in [0.05, 0.1) is 6.04 Å². The molecule has 2 nitrogen and oxygen atoms in total. The molecule has 1 fully saturated rings. The molecule has 1 saturated heterocycles. The first kappa shape index (κ1) is 14.2. The first-order chi connectivity index (χ1) is 10.3. The highest BCUT2D eigenvalue weighted by Crippen LogP contribution is 2.24. The van der Waals surface area contributed by atoms with Crippen LogP contribution in [-0.2, 0) is 4.74 Å². The summed E-state index contributed by atoms with van der Waals surface area (Å²) in [5.74, 6) is -0.198. The Balaban J connectivity index is 1.85. The second-order valence-corrected chi connectivity index (χ2v) is 5.45. The first-order valence-corrected chi connectivity index (χ1v) is 7.47. The van der Waals surface area contributed by atoms with Gasteiger partial charge >= 0.3 is 0 Å². The molecule has 1 aliphatic rings. The molecule has 0 spiro atoms. The predicted molar refractivity (Wildman–Crippen MR) is 81.7 cm³/mol. The molecule has 2 aromatic rings. The molecule has 0 amide bonds. The number of benzene rings is 2. The summed E-state index contributed by atoms with van der Waals surface area (Å²) >= 11 is 0. The summed E-state index contributed by atoms with van der Waals surface area (Å²) in [5.41, 5.74) is 2.30. The Labute approximate surface area is 125 Å². The van der Waals surface area contributed by atoms with Gasteiger partial charge in [-0.2, -0.15) is 0 Å². The van der Waals surface area contributed by atoms with Crippen molar-refractivity contribution < 1.29 is 9.13 Å². The summed E-state index contributed by atoms with van der Waals surface area (Å²) in [7, 11) is 0. The van der Waals surface area contributed by atoms with Gasteiger partial charge in [-0.3, -0.25) is 0 Å². The molecule has 1 N–H and O–H groups in total. The maximum atomic E-state index is 13.2. The van der Waals surface area contributed by atoms with Crippen LogP contribution in [0.2, 0.25) is 0 Å². The molecule has 21 heavy (non-hydrogen) atoms. The summed E-state index contributed by atoms with van der Waals surface area (Å²) in [6.07, 6.45) is 2.04. The van der Waals surface area contributed by atoms with Gasteiger partial charge in [-0.15, -0.1) is 0 Å². The lowest BCUT2D eigenvalue weighted by Gasteiger charge is -2.29. The Kier molecular flexibility index (Phi) is 4.63. The molecule has 1 atom stereocenters. The maximum absolute atomic E-state index is 13.2. The van der Waals surface area contributed by atoms with Crippen molar-refractivity contribution in [3.63, 3.8) is 0 Å². The van der Waals surface area contributed by atoms with Gasteiger partial charge in [0.1, 0.15) is 5.82 Å². The van der Waals surface area contributed by atoms with Crippen LogP contribution in [0.5, 0.6) is 0 Å². The van der Waals surface area contributed by atoms with E-state index in [-0.39, 0.29) is 11.9 Å². The zero-order valence-electron chi connectivity index (χ0n) is 12.0. The van der Waals surface area contributed by atoms with E-state index in [1.54, 1.807) is 0 Å². The van der Waals surface area contributed by atoms with Crippen LogP contribution in [0.4, 0.5) is 4.39 Å². The molecule has 1 unspecified atom stereocenters. The van der Waals surface area contributed by atoms with E-state index in [2.05, 4.69) is 17.4 Å². The Morgan fingerprint density at radius 3 is 2.19 bits per heavy atom. The summed E-state index contributed by atoms with van der Waals surface area (Å²) in [6.45, 7) is 1.62. The molecule has 0 aromatic heterocycles. The largest absolute Gasteiger partial charge is 0.381 e. The lowest BCUT2D eigenvalue weighted by atomic mass is 9.96. The van der Waals surface area contributed by atoms with E-state index >= 15 is 0 Å². The van der Waals surface area contributed by atoms with Crippen molar-refractivity contribution in [1.82, 2.24) is 5.32 Å². The summed E-state index contributed by atoms with van der Waals surface area (Å²) < 4.78 is 18.6. The van der Waals surface area contributed by atoms with E-state index in [1.165, 1.54) is 17.7 Å². The van der Waals surface area contributed by atoms with Crippen LogP contribution < -0.4 is 5.32 Å². The van der Waals surface area contributed by atoms with Crippen molar-refractivity contribution in [3.05, 3.63) is 71.5 Å². The summed E-state index contributed by atoms with van der Waals surface area (Å²) in [5, 5.41) is 3.71. The molecule has 1 heterocycles. The van der Waals surface area contributed by atoms with Crippen molar-refractivity contribution in [2.75, 3.05) is 13.2 Å². The fourth-order valence-electron chi connectivity index (χ4n) is 2.79. The molecular weight excluding hydrogens is 265 g/mol. The van der Waals surface area contributed by atoms with Gasteiger partial charge in [0.25, 0.3) is 0 Å². The number of hydrogen-bond acceptors (Lipinski definition) is 2. The van der Waals surface area contributed by atoms with Gasteiger partial charge in [0, 0.05) is 19.3 Å². The summed E-state index contributed by atoms with van der Waals surface area (Å²) in [6, 6.07) is 17.6. The molecular formula is C18H20FNO.